The smallest absolute Gasteiger partial charge is 0.244 e. The summed E-state index contributed by atoms with van der Waals surface area (Å²) >= 11 is 0. The monoisotopic (exact) mass is 296 g/mol. The van der Waals surface area contributed by atoms with Gasteiger partial charge in [0.1, 0.15) is 5.75 Å². The molecule has 0 heterocycles. The van der Waals surface area contributed by atoms with Crippen LogP contribution in [0.5, 0.6) is 5.75 Å². The van der Waals surface area contributed by atoms with Crippen LogP contribution in [0.1, 0.15) is 16.7 Å². The second-order valence-corrected chi connectivity index (χ2v) is 5.04. The molecule has 0 unspecified atom stereocenters. The molecule has 0 aliphatic rings. The molecule has 2 aromatic rings. The van der Waals surface area contributed by atoms with E-state index in [1.807, 2.05) is 37.3 Å². The number of carbonyl (C=O) groups excluding carboxylic acids is 1. The number of methoxy groups -OCH3 is 1. The van der Waals surface area contributed by atoms with Gasteiger partial charge in [-0.3, -0.25) is 4.79 Å². The fraction of sp³-hybridized carbons (Fsp3) is 0.167. The van der Waals surface area contributed by atoms with Gasteiger partial charge in [-0.2, -0.15) is 0 Å². The Hall–Kier alpha value is -2.75. The van der Waals surface area contributed by atoms with Gasteiger partial charge in [-0.15, -0.1) is 0 Å². The molecule has 4 nitrogen and oxygen atoms in total. The Balaban J connectivity index is 1.91. The maximum atomic E-state index is 11.8. The molecule has 0 aliphatic heterocycles. The highest BCUT2D eigenvalue weighted by molar-refractivity contribution is 5.91. The summed E-state index contributed by atoms with van der Waals surface area (Å²) in [4.78, 5) is 11.8. The third kappa shape index (κ3) is 4.38. The number of amides is 1. The first-order valence-corrected chi connectivity index (χ1v) is 7.03. The van der Waals surface area contributed by atoms with Crippen LogP contribution < -0.4 is 15.8 Å². The summed E-state index contributed by atoms with van der Waals surface area (Å²) in [6.45, 7) is 2.54. The van der Waals surface area contributed by atoms with E-state index in [-0.39, 0.29) is 5.91 Å². The number of nitrogens with two attached hydrogens (primary N) is 1. The van der Waals surface area contributed by atoms with E-state index in [0.29, 0.717) is 18.0 Å². The lowest BCUT2D eigenvalue weighted by molar-refractivity contribution is -0.116. The number of nitrogens with one attached hydrogen (secondary N) is 1. The standard InChI is InChI=1S/C18H20N2O2/c1-13-3-5-15(6-4-13)12-20-18(21)10-8-14-7-9-17(22-2)16(19)11-14/h3-11H,12,19H2,1-2H3,(H,20,21)/b10-8+. The summed E-state index contributed by atoms with van der Waals surface area (Å²) in [7, 11) is 1.57. The average Bonchev–Trinajstić information content (AvgIpc) is 2.52. The van der Waals surface area contributed by atoms with Gasteiger partial charge in [0, 0.05) is 12.6 Å². The Labute approximate surface area is 130 Å². The molecule has 2 aromatic carbocycles. The van der Waals surface area contributed by atoms with Crippen LogP contribution in [0.15, 0.2) is 48.5 Å². The van der Waals surface area contributed by atoms with Crippen molar-refractivity contribution < 1.29 is 9.53 Å². The highest BCUT2D eigenvalue weighted by atomic mass is 16.5. The van der Waals surface area contributed by atoms with Gasteiger partial charge in [-0.1, -0.05) is 35.9 Å². The molecule has 3 N–H and O–H groups in total. The maximum Gasteiger partial charge on any atom is 0.244 e. The molecule has 0 radical (unpaired) electrons. The van der Waals surface area contributed by atoms with E-state index < -0.39 is 0 Å². The largest absolute Gasteiger partial charge is 0.495 e. The molecular weight excluding hydrogens is 276 g/mol. The van der Waals surface area contributed by atoms with Crippen LogP contribution in [0.4, 0.5) is 5.69 Å². The van der Waals surface area contributed by atoms with E-state index in [1.54, 1.807) is 25.3 Å². The van der Waals surface area contributed by atoms with Crippen LogP contribution >= 0.6 is 0 Å². The first kappa shape index (κ1) is 15.6. The van der Waals surface area contributed by atoms with Gasteiger partial charge in [0.2, 0.25) is 5.91 Å². The van der Waals surface area contributed by atoms with E-state index in [4.69, 9.17) is 10.5 Å². The number of rotatable bonds is 5. The zero-order chi connectivity index (χ0) is 15.9. The summed E-state index contributed by atoms with van der Waals surface area (Å²) in [5.41, 5.74) is 9.49. The van der Waals surface area contributed by atoms with Gasteiger partial charge in [0.15, 0.2) is 0 Å². The number of benzene rings is 2. The molecule has 2 rings (SSSR count). The molecule has 0 saturated carbocycles. The van der Waals surface area contributed by atoms with Crippen molar-refractivity contribution in [1.29, 1.82) is 0 Å². The van der Waals surface area contributed by atoms with Crippen LogP contribution in [0.25, 0.3) is 6.08 Å². The number of hydrogen-bond acceptors (Lipinski definition) is 3. The van der Waals surface area contributed by atoms with Crippen LogP contribution in [-0.4, -0.2) is 13.0 Å². The molecule has 0 atom stereocenters. The quantitative estimate of drug-likeness (QED) is 0.658. The predicted octanol–water partition coefficient (Wildman–Crippen LogP) is 2.92. The maximum absolute atomic E-state index is 11.8. The molecule has 0 spiro atoms. The summed E-state index contributed by atoms with van der Waals surface area (Å²) in [5.74, 6) is 0.482. The normalized spacial score (nSPS) is 10.6. The lowest BCUT2D eigenvalue weighted by Gasteiger charge is -2.05. The fourth-order valence-corrected chi connectivity index (χ4v) is 1.98. The average molecular weight is 296 g/mol. The van der Waals surface area contributed by atoms with Crippen LogP contribution in [0.2, 0.25) is 0 Å². The van der Waals surface area contributed by atoms with E-state index in [0.717, 1.165) is 11.1 Å². The molecule has 22 heavy (non-hydrogen) atoms. The molecule has 0 aliphatic carbocycles. The molecule has 0 fully saturated rings. The second-order valence-electron chi connectivity index (χ2n) is 5.04. The van der Waals surface area contributed by atoms with Crippen molar-refractivity contribution in [2.75, 3.05) is 12.8 Å². The molecule has 1 amide bonds. The van der Waals surface area contributed by atoms with Crippen LogP contribution in [-0.2, 0) is 11.3 Å². The van der Waals surface area contributed by atoms with Crippen LogP contribution in [0, 0.1) is 6.92 Å². The summed E-state index contributed by atoms with van der Waals surface area (Å²) in [6.07, 6.45) is 3.22. The van der Waals surface area contributed by atoms with Crippen molar-refractivity contribution in [2.24, 2.45) is 0 Å². The van der Waals surface area contributed by atoms with Crippen molar-refractivity contribution >= 4 is 17.7 Å². The Bertz CT molecular complexity index is 676. The molecule has 0 aromatic heterocycles. The van der Waals surface area contributed by atoms with Gasteiger partial charge < -0.3 is 15.8 Å². The number of ether oxygens (including phenoxy) is 1. The predicted molar refractivity (Wildman–Crippen MR) is 89.5 cm³/mol. The SMILES string of the molecule is COc1ccc(/C=C/C(=O)NCc2ccc(C)cc2)cc1N. The topological polar surface area (TPSA) is 64.3 Å². The zero-order valence-corrected chi connectivity index (χ0v) is 12.8. The highest BCUT2D eigenvalue weighted by Crippen LogP contribution is 2.22. The minimum Gasteiger partial charge on any atom is -0.495 e. The minimum absolute atomic E-state index is 0.144. The first-order valence-electron chi connectivity index (χ1n) is 7.03. The third-order valence-electron chi connectivity index (χ3n) is 3.27. The van der Waals surface area contributed by atoms with Crippen LogP contribution in [0.3, 0.4) is 0 Å². The molecule has 4 heteroatoms. The van der Waals surface area contributed by atoms with Gasteiger partial charge in [-0.25, -0.2) is 0 Å². The molecule has 114 valence electrons. The summed E-state index contributed by atoms with van der Waals surface area (Å²) in [5, 5.41) is 2.84. The Morgan fingerprint density at radius 1 is 1.23 bits per heavy atom. The lowest BCUT2D eigenvalue weighted by atomic mass is 10.1. The molecule has 0 saturated heterocycles. The first-order chi connectivity index (χ1) is 10.6. The molecular formula is C18H20N2O2. The van der Waals surface area contributed by atoms with E-state index >= 15 is 0 Å². The van der Waals surface area contributed by atoms with Crippen molar-refractivity contribution in [3.05, 3.63) is 65.2 Å². The third-order valence-corrected chi connectivity index (χ3v) is 3.27. The van der Waals surface area contributed by atoms with E-state index in [9.17, 15) is 4.79 Å². The highest BCUT2D eigenvalue weighted by Gasteiger charge is 2.00. The number of hydrogen-bond donors (Lipinski definition) is 2. The molecule has 0 bridgehead atoms. The number of nitrogen functional groups attached to an aromatic ring is 1. The number of aryl methyl sites for hydroxylation is 1. The van der Waals surface area contributed by atoms with Crippen molar-refractivity contribution in [3.63, 3.8) is 0 Å². The van der Waals surface area contributed by atoms with Gasteiger partial charge in [0.25, 0.3) is 0 Å². The lowest BCUT2D eigenvalue weighted by Crippen LogP contribution is -2.20. The van der Waals surface area contributed by atoms with E-state index in [1.165, 1.54) is 11.6 Å². The summed E-state index contributed by atoms with van der Waals surface area (Å²) in [6, 6.07) is 13.4. The zero-order valence-electron chi connectivity index (χ0n) is 12.8. The fourth-order valence-electron chi connectivity index (χ4n) is 1.98. The van der Waals surface area contributed by atoms with Crippen molar-refractivity contribution in [1.82, 2.24) is 5.32 Å². The van der Waals surface area contributed by atoms with Crippen molar-refractivity contribution in [2.45, 2.75) is 13.5 Å². The van der Waals surface area contributed by atoms with E-state index in [2.05, 4.69) is 5.32 Å². The summed E-state index contributed by atoms with van der Waals surface area (Å²) < 4.78 is 5.09. The van der Waals surface area contributed by atoms with Gasteiger partial charge >= 0.3 is 0 Å². The Kier molecular flexibility index (Phi) is 5.20. The Morgan fingerprint density at radius 3 is 2.59 bits per heavy atom. The number of carbonyl (C=O) groups is 1. The van der Waals surface area contributed by atoms with Crippen molar-refractivity contribution in [3.8, 4) is 5.75 Å². The van der Waals surface area contributed by atoms with Gasteiger partial charge in [-0.05, 0) is 36.3 Å². The Morgan fingerprint density at radius 2 is 1.95 bits per heavy atom. The van der Waals surface area contributed by atoms with Gasteiger partial charge in [0.05, 0.1) is 12.8 Å². The number of anilines is 1. The second kappa shape index (κ2) is 7.31. The minimum atomic E-state index is -0.144.